The van der Waals surface area contributed by atoms with Crippen LogP contribution in [0.25, 0.3) is 0 Å². The van der Waals surface area contributed by atoms with E-state index in [1.54, 1.807) is 36.3 Å². The average Bonchev–Trinajstić information content (AvgIpc) is 3.16. The fraction of sp³-hybridized carbons (Fsp3) is 0.545. The topological polar surface area (TPSA) is 61.5 Å². The quantitative estimate of drug-likeness (QED) is 0.762. The summed E-state index contributed by atoms with van der Waals surface area (Å²) in [6.45, 7) is 10.4. The minimum atomic E-state index is -0.0939. The van der Waals surface area contributed by atoms with E-state index >= 15 is 0 Å². The van der Waals surface area contributed by atoms with Crippen molar-refractivity contribution in [1.82, 2.24) is 20.0 Å². The van der Waals surface area contributed by atoms with Crippen molar-refractivity contribution in [2.24, 2.45) is 5.41 Å². The number of halogens is 1. The molecule has 1 aliphatic heterocycles. The largest absolute Gasteiger partial charge is 0.489 e. The van der Waals surface area contributed by atoms with E-state index < -0.39 is 0 Å². The maximum Gasteiger partial charge on any atom is 0.254 e. The fourth-order valence-electron chi connectivity index (χ4n) is 3.69. The lowest BCUT2D eigenvalue weighted by Crippen LogP contribution is -2.42. The van der Waals surface area contributed by atoms with Gasteiger partial charge in [-0.3, -0.25) is 9.89 Å². The number of nitrogens with one attached hydrogen (secondary N) is 1. The van der Waals surface area contributed by atoms with Crippen molar-refractivity contribution in [3.8, 4) is 5.75 Å². The number of carbonyl (C=O) groups excluding carboxylic acids is 1. The molecule has 158 valence electrons. The minimum absolute atomic E-state index is 0.0939. The number of amides is 1. The van der Waals surface area contributed by atoms with Gasteiger partial charge in [-0.1, -0.05) is 32.4 Å². The second-order valence-corrected chi connectivity index (χ2v) is 9.45. The Morgan fingerprint density at radius 1 is 1.31 bits per heavy atom. The maximum absolute atomic E-state index is 12.7. The molecule has 1 amide bonds. The Morgan fingerprint density at radius 3 is 2.62 bits per heavy atom. The number of benzene rings is 1. The normalized spacial score (nSPS) is 16.0. The van der Waals surface area contributed by atoms with E-state index in [2.05, 4.69) is 35.9 Å². The molecule has 0 saturated carbocycles. The van der Waals surface area contributed by atoms with E-state index in [1.165, 1.54) is 0 Å². The summed E-state index contributed by atoms with van der Waals surface area (Å²) in [7, 11) is 1.76. The van der Waals surface area contributed by atoms with Crippen molar-refractivity contribution in [1.29, 1.82) is 0 Å². The third-order valence-corrected chi connectivity index (χ3v) is 5.31. The highest BCUT2D eigenvalue weighted by molar-refractivity contribution is 6.32. The lowest BCUT2D eigenvalue weighted by molar-refractivity contribution is 0.0781. The Labute approximate surface area is 178 Å². The minimum Gasteiger partial charge on any atom is -0.489 e. The second-order valence-electron chi connectivity index (χ2n) is 9.04. The van der Waals surface area contributed by atoms with Crippen LogP contribution in [0, 0.1) is 5.41 Å². The van der Waals surface area contributed by atoms with Crippen LogP contribution in [-0.2, 0) is 6.54 Å². The Morgan fingerprint density at radius 2 is 2.03 bits per heavy atom. The summed E-state index contributed by atoms with van der Waals surface area (Å²) in [5.41, 5.74) is 1.73. The molecule has 3 rings (SSSR count). The number of H-pyrrole nitrogens is 1. The lowest BCUT2D eigenvalue weighted by Gasteiger charge is -2.36. The molecule has 0 atom stereocenters. The van der Waals surface area contributed by atoms with Crippen LogP contribution in [0.15, 0.2) is 30.5 Å². The number of nitrogens with zero attached hydrogens (tertiary/aromatic N) is 3. The van der Waals surface area contributed by atoms with Gasteiger partial charge in [0, 0.05) is 38.4 Å². The smallest absolute Gasteiger partial charge is 0.254 e. The molecule has 1 aliphatic rings. The van der Waals surface area contributed by atoms with Crippen molar-refractivity contribution in [3.05, 3.63) is 46.7 Å². The summed E-state index contributed by atoms with van der Waals surface area (Å²) in [6.07, 6.45) is 3.80. The molecule has 0 unspecified atom stereocenters. The van der Waals surface area contributed by atoms with E-state index in [4.69, 9.17) is 16.3 Å². The predicted molar refractivity (Wildman–Crippen MR) is 115 cm³/mol. The van der Waals surface area contributed by atoms with E-state index in [0.29, 0.717) is 28.3 Å². The molecule has 2 heterocycles. The third-order valence-electron chi connectivity index (χ3n) is 5.02. The zero-order valence-electron chi connectivity index (χ0n) is 17.7. The maximum atomic E-state index is 12.7. The SMILES string of the molecule is CN(Cc1ccn[nH]1)C(=O)c1ccc(OC2CCN(CC(C)(C)C)CC2)c(Cl)c1. The first-order valence-electron chi connectivity index (χ1n) is 10.1. The molecular formula is C22H31ClN4O2. The van der Waals surface area contributed by atoms with Crippen molar-refractivity contribution in [3.63, 3.8) is 0 Å². The number of ether oxygens (including phenoxy) is 1. The number of rotatable bonds is 6. The number of carbonyl (C=O) groups is 1. The first-order chi connectivity index (χ1) is 13.7. The third kappa shape index (κ3) is 6.21. The van der Waals surface area contributed by atoms with Crippen molar-refractivity contribution < 1.29 is 9.53 Å². The van der Waals surface area contributed by atoms with Crippen LogP contribution in [0.5, 0.6) is 5.75 Å². The summed E-state index contributed by atoms with van der Waals surface area (Å²) in [6, 6.07) is 7.13. The van der Waals surface area contributed by atoms with Crippen LogP contribution in [0.3, 0.4) is 0 Å². The molecule has 29 heavy (non-hydrogen) atoms. The molecule has 0 bridgehead atoms. The van der Waals surface area contributed by atoms with Crippen LogP contribution in [0.2, 0.25) is 5.02 Å². The summed E-state index contributed by atoms with van der Waals surface area (Å²) in [5, 5.41) is 7.24. The van der Waals surface area contributed by atoms with E-state index in [0.717, 1.165) is 38.2 Å². The Hall–Kier alpha value is -2.05. The van der Waals surface area contributed by atoms with Gasteiger partial charge in [0.25, 0.3) is 5.91 Å². The average molecular weight is 419 g/mol. The van der Waals surface area contributed by atoms with E-state index in [9.17, 15) is 4.79 Å². The van der Waals surface area contributed by atoms with Gasteiger partial charge in [-0.25, -0.2) is 0 Å². The van der Waals surface area contributed by atoms with Crippen molar-refractivity contribution in [2.45, 2.75) is 46.3 Å². The van der Waals surface area contributed by atoms with E-state index in [-0.39, 0.29) is 12.0 Å². The monoisotopic (exact) mass is 418 g/mol. The number of aromatic amines is 1. The van der Waals surface area contributed by atoms with Gasteiger partial charge in [0.2, 0.25) is 0 Å². The number of likely N-dealkylation sites (tertiary alicyclic amines) is 1. The van der Waals surface area contributed by atoms with Crippen LogP contribution < -0.4 is 4.74 Å². The van der Waals surface area contributed by atoms with Gasteiger partial charge in [-0.05, 0) is 42.5 Å². The van der Waals surface area contributed by atoms with Gasteiger partial charge >= 0.3 is 0 Å². The van der Waals surface area contributed by atoms with Gasteiger partial charge in [-0.2, -0.15) is 5.10 Å². The molecule has 1 aromatic carbocycles. The molecule has 7 heteroatoms. The number of aromatic nitrogens is 2. The summed E-state index contributed by atoms with van der Waals surface area (Å²) >= 11 is 6.43. The number of hydrogen-bond acceptors (Lipinski definition) is 4. The summed E-state index contributed by atoms with van der Waals surface area (Å²) < 4.78 is 6.15. The molecule has 6 nitrogen and oxygen atoms in total. The van der Waals surface area contributed by atoms with Crippen molar-refractivity contribution in [2.75, 3.05) is 26.7 Å². The highest BCUT2D eigenvalue weighted by atomic mass is 35.5. The van der Waals surface area contributed by atoms with Crippen LogP contribution in [-0.4, -0.2) is 58.7 Å². The molecule has 1 N–H and O–H groups in total. The van der Waals surface area contributed by atoms with Crippen LogP contribution >= 0.6 is 11.6 Å². The molecule has 0 radical (unpaired) electrons. The first-order valence-corrected chi connectivity index (χ1v) is 10.5. The van der Waals surface area contributed by atoms with Crippen LogP contribution in [0.4, 0.5) is 0 Å². The van der Waals surface area contributed by atoms with Gasteiger partial charge in [0.15, 0.2) is 0 Å². The predicted octanol–water partition coefficient (Wildman–Crippen LogP) is 4.22. The standard InChI is InChI=1S/C22H31ClN4O2/c1-22(2,3)15-27-11-8-18(9-12-27)29-20-6-5-16(13-19(20)23)21(28)26(4)14-17-7-10-24-25-17/h5-7,10,13,18H,8-9,11-12,14-15H2,1-4H3,(H,24,25). The molecule has 1 aromatic heterocycles. The summed E-state index contributed by atoms with van der Waals surface area (Å²) in [5.74, 6) is 0.553. The molecule has 1 saturated heterocycles. The van der Waals surface area contributed by atoms with Crippen molar-refractivity contribution >= 4 is 17.5 Å². The molecular weight excluding hydrogens is 388 g/mol. The Kier molecular flexibility index (Phi) is 6.85. The molecule has 0 aliphatic carbocycles. The Balaban J connectivity index is 1.55. The van der Waals surface area contributed by atoms with E-state index in [1.807, 2.05) is 6.07 Å². The van der Waals surface area contributed by atoms with Gasteiger partial charge in [-0.15, -0.1) is 0 Å². The second kappa shape index (κ2) is 9.18. The number of hydrogen-bond donors (Lipinski definition) is 1. The van der Waals surface area contributed by atoms with Gasteiger partial charge in [0.1, 0.15) is 11.9 Å². The zero-order valence-corrected chi connectivity index (χ0v) is 18.5. The number of piperidine rings is 1. The van der Waals surface area contributed by atoms with Gasteiger partial charge < -0.3 is 14.5 Å². The highest BCUT2D eigenvalue weighted by Crippen LogP contribution is 2.29. The highest BCUT2D eigenvalue weighted by Gasteiger charge is 2.24. The molecule has 2 aromatic rings. The first kappa shape index (κ1) is 21.7. The van der Waals surface area contributed by atoms with Crippen LogP contribution in [0.1, 0.15) is 49.7 Å². The molecule has 1 fully saturated rings. The zero-order chi connectivity index (χ0) is 21.0. The Bertz CT molecular complexity index is 809. The van der Waals surface area contributed by atoms with Gasteiger partial charge in [0.05, 0.1) is 17.3 Å². The molecule has 0 spiro atoms. The fourth-order valence-corrected chi connectivity index (χ4v) is 3.91. The summed E-state index contributed by atoms with van der Waals surface area (Å²) in [4.78, 5) is 16.8. The lowest BCUT2D eigenvalue weighted by atomic mass is 9.94.